The van der Waals surface area contributed by atoms with E-state index in [9.17, 15) is 4.79 Å². The third kappa shape index (κ3) is 3.30. The second-order valence-electron chi connectivity index (χ2n) is 3.62. The van der Waals surface area contributed by atoms with E-state index >= 15 is 0 Å². The minimum absolute atomic E-state index is 0.0131. The molecular weight excluding hydrogens is 298 g/mol. The summed E-state index contributed by atoms with van der Waals surface area (Å²) in [5, 5.41) is 8.66. The zero-order valence-electron chi connectivity index (χ0n) is 9.34. The maximum atomic E-state index is 10.5. The monoisotopic (exact) mass is 307 g/mol. The van der Waals surface area contributed by atoms with Crippen molar-refractivity contribution in [3.8, 4) is 11.5 Å². The van der Waals surface area contributed by atoms with Gasteiger partial charge in [-0.05, 0) is 33.6 Å². The van der Waals surface area contributed by atoms with Gasteiger partial charge >= 0.3 is 5.97 Å². The average molecular weight is 308 g/mol. The number of carbonyl (C=O) groups is 1. The number of aliphatic carboxylic acids is 1. The van der Waals surface area contributed by atoms with Gasteiger partial charge in [0.15, 0.2) is 0 Å². The van der Waals surface area contributed by atoms with Crippen molar-refractivity contribution in [1.29, 1.82) is 0 Å². The van der Waals surface area contributed by atoms with Crippen LogP contribution < -0.4 is 4.74 Å². The number of nitrogens with zero attached hydrogens (tertiary/aromatic N) is 1. The molecule has 0 fully saturated rings. The molecule has 0 atom stereocenters. The lowest BCUT2D eigenvalue weighted by Gasteiger charge is -2.07. The molecular formula is C13H10BrNO3. The summed E-state index contributed by atoms with van der Waals surface area (Å²) in [6.45, 7) is 0. The predicted octanol–water partition coefficient (Wildman–Crippen LogP) is 3.26. The second kappa shape index (κ2) is 5.64. The van der Waals surface area contributed by atoms with Gasteiger partial charge in [-0.15, -0.1) is 0 Å². The Kier molecular flexibility index (Phi) is 3.94. The Bertz CT molecular complexity index is 554. The van der Waals surface area contributed by atoms with Gasteiger partial charge in [0.1, 0.15) is 11.5 Å². The molecule has 0 unspecified atom stereocenters. The van der Waals surface area contributed by atoms with Crippen LogP contribution in [0, 0.1) is 0 Å². The Morgan fingerprint density at radius 1 is 1.28 bits per heavy atom. The van der Waals surface area contributed by atoms with E-state index in [-0.39, 0.29) is 6.42 Å². The average Bonchev–Trinajstić information content (AvgIpc) is 2.34. The van der Waals surface area contributed by atoms with Crippen molar-refractivity contribution in [2.45, 2.75) is 6.42 Å². The van der Waals surface area contributed by atoms with E-state index in [1.807, 2.05) is 0 Å². The van der Waals surface area contributed by atoms with Crippen LogP contribution in [0.4, 0.5) is 0 Å². The van der Waals surface area contributed by atoms with Gasteiger partial charge < -0.3 is 9.84 Å². The highest BCUT2D eigenvalue weighted by molar-refractivity contribution is 9.10. The summed E-state index contributed by atoms with van der Waals surface area (Å²) in [6, 6.07) is 8.70. The largest absolute Gasteiger partial charge is 0.481 e. The van der Waals surface area contributed by atoms with Gasteiger partial charge in [0.25, 0.3) is 0 Å². The van der Waals surface area contributed by atoms with Crippen LogP contribution in [0.25, 0.3) is 0 Å². The Morgan fingerprint density at radius 2 is 2.00 bits per heavy atom. The van der Waals surface area contributed by atoms with Gasteiger partial charge in [0.2, 0.25) is 0 Å². The van der Waals surface area contributed by atoms with Gasteiger partial charge in [-0.25, -0.2) is 0 Å². The van der Waals surface area contributed by atoms with E-state index in [0.717, 1.165) is 10.0 Å². The van der Waals surface area contributed by atoms with Crippen LogP contribution in [0.5, 0.6) is 11.5 Å². The highest BCUT2D eigenvalue weighted by atomic mass is 79.9. The molecule has 2 rings (SSSR count). The highest BCUT2D eigenvalue weighted by Gasteiger charge is 2.03. The number of hydrogen-bond acceptors (Lipinski definition) is 3. The third-order valence-electron chi connectivity index (χ3n) is 2.24. The minimum atomic E-state index is -0.847. The number of benzene rings is 1. The lowest BCUT2D eigenvalue weighted by Crippen LogP contribution is -1.99. The predicted molar refractivity (Wildman–Crippen MR) is 69.8 cm³/mol. The minimum Gasteiger partial charge on any atom is -0.481 e. The van der Waals surface area contributed by atoms with Gasteiger partial charge in [-0.2, -0.15) is 0 Å². The number of pyridine rings is 1. The summed E-state index contributed by atoms with van der Waals surface area (Å²) in [7, 11) is 0. The lowest BCUT2D eigenvalue weighted by molar-refractivity contribution is -0.136. The maximum absolute atomic E-state index is 10.5. The van der Waals surface area contributed by atoms with E-state index in [1.165, 1.54) is 0 Å². The standard InChI is InChI=1S/C13H10BrNO3/c14-11-8-15-6-5-12(11)18-10-3-1-9(2-4-10)7-13(16)17/h1-6,8H,7H2,(H,16,17). The van der Waals surface area contributed by atoms with Gasteiger partial charge in [-0.1, -0.05) is 12.1 Å². The topological polar surface area (TPSA) is 59.4 Å². The summed E-state index contributed by atoms with van der Waals surface area (Å²) in [6.07, 6.45) is 3.30. The Balaban J connectivity index is 2.11. The van der Waals surface area contributed by atoms with Crippen LogP contribution in [0.2, 0.25) is 0 Å². The van der Waals surface area contributed by atoms with Crippen molar-refractivity contribution in [1.82, 2.24) is 4.98 Å². The molecule has 1 N–H and O–H groups in total. The van der Waals surface area contributed by atoms with E-state index in [4.69, 9.17) is 9.84 Å². The molecule has 18 heavy (non-hydrogen) atoms. The van der Waals surface area contributed by atoms with Gasteiger partial charge in [0.05, 0.1) is 10.9 Å². The van der Waals surface area contributed by atoms with Crippen molar-refractivity contribution in [2.75, 3.05) is 0 Å². The number of carboxylic acids is 1. The molecule has 1 aromatic heterocycles. The van der Waals surface area contributed by atoms with Crippen molar-refractivity contribution >= 4 is 21.9 Å². The van der Waals surface area contributed by atoms with Crippen LogP contribution in [0.3, 0.4) is 0 Å². The molecule has 0 aliphatic carbocycles. The molecule has 92 valence electrons. The number of halogens is 1. The first-order valence-corrected chi connectivity index (χ1v) is 6.02. The molecule has 0 radical (unpaired) electrons. The van der Waals surface area contributed by atoms with E-state index < -0.39 is 5.97 Å². The molecule has 0 saturated heterocycles. The zero-order chi connectivity index (χ0) is 13.0. The zero-order valence-corrected chi connectivity index (χ0v) is 10.9. The normalized spacial score (nSPS) is 10.1. The molecule has 0 bridgehead atoms. The van der Waals surface area contributed by atoms with Crippen LogP contribution in [-0.4, -0.2) is 16.1 Å². The molecule has 0 aliphatic heterocycles. The number of aromatic nitrogens is 1. The van der Waals surface area contributed by atoms with Crippen molar-refractivity contribution in [3.05, 3.63) is 52.8 Å². The van der Waals surface area contributed by atoms with Crippen molar-refractivity contribution < 1.29 is 14.6 Å². The van der Waals surface area contributed by atoms with Crippen molar-refractivity contribution in [3.63, 3.8) is 0 Å². The molecule has 1 heterocycles. The van der Waals surface area contributed by atoms with Crippen LogP contribution >= 0.6 is 15.9 Å². The number of hydrogen-bond donors (Lipinski definition) is 1. The SMILES string of the molecule is O=C(O)Cc1ccc(Oc2ccncc2Br)cc1. The Hall–Kier alpha value is -1.88. The fraction of sp³-hybridized carbons (Fsp3) is 0.0769. The fourth-order valence-corrected chi connectivity index (χ4v) is 1.75. The Morgan fingerprint density at radius 3 is 2.61 bits per heavy atom. The summed E-state index contributed by atoms with van der Waals surface area (Å²) in [5.74, 6) is 0.465. The van der Waals surface area contributed by atoms with E-state index in [2.05, 4.69) is 20.9 Å². The number of ether oxygens (including phenoxy) is 1. The number of carboxylic acid groups (broad SMARTS) is 1. The quantitative estimate of drug-likeness (QED) is 0.942. The molecule has 0 saturated carbocycles. The summed E-state index contributed by atoms with van der Waals surface area (Å²) >= 11 is 3.34. The molecule has 4 nitrogen and oxygen atoms in total. The first-order chi connectivity index (χ1) is 8.65. The molecule has 0 amide bonds. The highest BCUT2D eigenvalue weighted by Crippen LogP contribution is 2.28. The second-order valence-corrected chi connectivity index (χ2v) is 4.48. The summed E-state index contributed by atoms with van der Waals surface area (Å²) in [5.41, 5.74) is 0.739. The maximum Gasteiger partial charge on any atom is 0.307 e. The third-order valence-corrected chi connectivity index (χ3v) is 2.84. The smallest absolute Gasteiger partial charge is 0.307 e. The first kappa shape index (κ1) is 12.6. The van der Waals surface area contributed by atoms with Gasteiger partial charge in [-0.3, -0.25) is 9.78 Å². The summed E-state index contributed by atoms with van der Waals surface area (Å²) < 4.78 is 6.40. The molecule has 2 aromatic rings. The number of rotatable bonds is 4. The van der Waals surface area contributed by atoms with E-state index in [1.54, 1.807) is 42.7 Å². The first-order valence-electron chi connectivity index (χ1n) is 5.23. The van der Waals surface area contributed by atoms with E-state index in [0.29, 0.717) is 11.5 Å². The Labute approximate surface area is 112 Å². The molecule has 0 aliphatic rings. The lowest BCUT2D eigenvalue weighted by atomic mass is 10.1. The molecule has 1 aromatic carbocycles. The van der Waals surface area contributed by atoms with Crippen LogP contribution in [0.1, 0.15) is 5.56 Å². The summed E-state index contributed by atoms with van der Waals surface area (Å²) in [4.78, 5) is 14.5. The molecule has 0 spiro atoms. The molecule has 5 heteroatoms. The fourth-order valence-electron chi connectivity index (χ4n) is 1.42. The van der Waals surface area contributed by atoms with Gasteiger partial charge in [0, 0.05) is 18.5 Å². The van der Waals surface area contributed by atoms with Crippen LogP contribution in [-0.2, 0) is 11.2 Å². The van der Waals surface area contributed by atoms with Crippen LogP contribution in [0.15, 0.2) is 47.2 Å². The van der Waals surface area contributed by atoms with Crippen molar-refractivity contribution in [2.24, 2.45) is 0 Å².